The average Bonchev–Trinajstić information content (AvgIpc) is 2.52. The molecule has 0 unspecified atom stereocenters. The molecule has 128 valence electrons. The lowest BCUT2D eigenvalue weighted by Gasteiger charge is -2.28. The first kappa shape index (κ1) is 18.2. The minimum atomic E-state index is -0.862. The standard InChI is InChI=1S/C20H26N2O2/c1-19(2,23)14-24-20(3,4)18-12-9-16(13-22-18)6-5-15-7-10-17(21)11-8-15/h5-13,23H,14,21H2,1-4H3/b6-5+. The third kappa shape index (κ3) is 5.48. The van der Waals surface area contributed by atoms with Gasteiger partial charge in [0.05, 0.1) is 17.9 Å². The zero-order chi connectivity index (χ0) is 17.8. The van der Waals surface area contributed by atoms with Gasteiger partial charge in [0, 0.05) is 11.9 Å². The van der Waals surface area contributed by atoms with E-state index in [-0.39, 0.29) is 6.61 Å². The van der Waals surface area contributed by atoms with Crippen LogP contribution in [0.4, 0.5) is 5.69 Å². The Morgan fingerprint density at radius 1 is 1.00 bits per heavy atom. The lowest BCUT2D eigenvalue weighted by molar-refractivity contribution is -0.0961. The van der Waals surface area contributed by atoms with Gasteiger partial charge in [0.15, 0.2) is 0 Å². The highest BCUT2D eigenvalue weighted by Crippen LogP contribution is 2.24. The molecule has 0 saturated heterocycles. The number of nitrogens with zero attached hydrogens (tertiary/aromatic N) is 1. The van der Waals surface area contributed by atoms with Crippen LogP contribution in [0.3, 0.4) is 0 Å². The second-order valence-corrected chi connectivity index (χ2v) is 7.09. The summed E-state index contributed by atoms with van der Waals surface area (Å²) >= 11 is 0. The first-order valence-corrected chi connectivity index (χ1v) is 8.02. The van der Waals surface area contributed by atoms with Gasteiger partial charge in [-0.1, -0.05) is 30.4 Å². The van der Waals surface area contributed by atoms with Crippen molar-refractivity contribution in [3.8, 4) is 0 Å². The van der Waals surface area contributed by atoms with Crippen molar-refractivity contribution in [2.45, 2.75) is 38.9 Å². The highest BCUT2D eigenvalue weighted by atomic mass is 16.5. The molecule has 1 aromatic heterocycles. The van der Waals surface area contributed by atoms with Gasteiger partial charge in [-0.05, 0) is 57.0 Å². The normalized spacial score (nSPS) is 12.7. The third-order valence-electron chi connectivity index (χ3n) is 3.59. The zero-order valence-corrected chi connectivity index (χ0v) is 14.8. The maximum absolute atomic E-state index is 9.80. The monoisotopic (exact) mass is 326 g/mol. The summed E-state index contributed by atoms with van der Waals surface area (Å²) in [7, 11) is 0. The summed E-state index contributed by atoms with van der Waals surface area (Å²) < 4.78 is 5.82. The fraction of sp³-hybridized carbons (Fsp3) is 0.350. The molecule has 3 N–H and O–H groups in total. The second-order valence-electron chi connectivity index (χ2n) is 7.09. The molecule has 0 aliphatic rings. The van der Waals surface area contributed by atoms with E-state index in [1.807, 2.05) is 68.6 Å². The van der Waals surface area contributed by atoms with Crippen LogP contribution in [0.15, 0.2) is 42.6 Å². The van der Waals surface area contributed by atoms with Crippen LogP contribution in [-0.2, 0) is 10.3 Å². The van der Waals surface area contributed by atoms with Gasteiger partial charge in [-0.15, -0.1) is 0 Å². The van der Waals surface area contributed by atoms with E-state index in [2.05, 4.69) is 4.98 Å². The Hall–Kier alpha value is -2.17. The summed E-state index contributed by atoms with van der Waals surface area (Å²) in [6, 6.07) is 11.7. The van der Waals surface area contributed by atoms with Gasteiger partial charge in [-0.25, -0.2) is 0 Å². The first-order valence-electron chi connectivity index (χ1n) is 8.02. The van der Waals surface area contributed by atoms with E-state index in [4.69, 9.17) is 10.5 Å². The highest BCUT2D eigenvalue weighted by molar-refractivity contribution is 5.69. The number of anilines is 1. The molecule has 2 aromatic rings. The number of pyridine rings is 1. The van der Waals surface area contributed by atoms with Crippen molar-refractivity contribution in [3.63, 3.8) is 0 Å². The van der Waals surface area contributed by atoms with Crippen LogP contribution >= 0.6 is 0 Å². The van der Waals surface area contributed by atoms with Crippen molar-refractivity contribution in [1.29, 1.82) is 0 Å². The number of nitrogen functional groups attached to an aromatic ring is 1. The van der Waals surface area contributed by atoms with Gasteiger partial charge in [-0.2, -0.15) is 0 Å². The predicted octanol–water partition coefficient (Wildman–Crippen LogP) is 3.86. The molecule has 24 heavy (non-hydrogen) atoms. The van der Waals surface area contributed by atoms with Crippen LogP contribution in [0, 0.1) is 0 Å². The van der Waals surface area contributed by atoms with Gasteiger partial charge in [0.25, 0.3) is 0 Å². The lowest BCUT2D eigenvalue weighted by Crippen LogP contribution is -2.33. The summed E-state index contributed by atoms with van der Waals surface area (Å²) in [5, 5.41) is 9.80. The maximum Gasteiger partial charge on any atom is 0.104 e. The van der Waals surface area contributed by atoms with Crippen LogP contribution in [-0.4, -0.2) is 22.3 Å². The Kier molecular flexibility index (Phi) is 5.42. The second kappa shape index (κ2) is 7.16. The number of nitrogens with two attached hydrogens (primary N) is 1. The predicted molar refractivity (Wildman–Crippen MR) is 99.3 cm³/mol. The van der Waals surface area contributed by atoms with E-state index in [9.17, 15) is 5.11 Å². The number of aromatic nitrogens is 1. The number of hydrogen-bond acceptors (Lipinski definition) is 4. The fourth-order valence-corrected chi connectivity index (χ4v) is 2.09. The summed E-state index contributed by atoms with van der Waals surface area (Å²) in [6.45, 7) is 7.60. The summed E-state index contributed by atoms with van der Waals surface area (Å²) in [5.41, 5.74) is 7.94. The van der Waals surface area contributed by atoms with Crippen LogP contribution in [0.5, 0.6) is 0 Å². The minimum Gasteiger partial charge on any atom is -0.399 e. The van der Waals surface area contributed by atoms with Crippen molar-refractivity contribution >= 4 is 17.8 Å². The van der Waals surface area contributed by atoms with E-state index in [1.165, 1.54) is 0 Å². The molecule has 4 nitrogen and oxygen atoms in total. The Labute approximate surface area is 144 Å². The molecule has 4 heteroatoms. The Morgan fingerprint density at radius 2 is 1.58 bits per heavy atom. The Bertz CT molecular complexity index is 681. The molecule has 0 spiro atoms. The zero-order valence-electron chi connectivity index (χ0n) is 14.8. The average molecular weight is 326 g/mol. The van der Waals surface area contributed by atoms with E-state index < -0.39 is 11.2 Å². The maximum atomic E-state index is 9.80. The van der Waals surface area contributed by atoms with E-state index in [0.29, 0.717) is 0 Å². The number of hydrogen-bond donors (Lipinski definition) is 2. The number of ether oxygens (including phenoxy) is 1. The molecule has 1 aromatic carbocycles. The minimum absolute atomic E-state index is 0.250. The van der Waals surface area contributed by atoms with Gasteiger partial charge in [0.1, 0.15) is 5.60 Å². The fourth-order valence-electron chi connectivity index (χ4n) is 2.09. The van der Waals surface area contributed by atoms with Gasteiger partial charge in [-0.3, -0.25) is 4.98 Å². The third-order valence-corrected chi connectivity index (χ3v) is 3.59. The van der Waals surface area contributed by atoms with E-state index in [1.54, 1.807) is 13.8 Å². The smallest absolute Gasteiger partial charge is 0.104 e. The van der Waals surface area contributed by atoms with Crippen molar-refractivity contribution in [2.24, 2.45) is 0 Å². The molecule has 2 rings (SSSR count). The van der Waals surface area contributed by atoms with Crippen molar-refractivity contribution in [2.75, 3.05) is 12.3 Å². The SMILES string of the molecule is CC(C)(O)COC(C)(C)c1ccc(/C=C/c2ccc(N)cc2)cn1. The molecule has 0 aliphatic carbocycles. The quantitative estimate of drug-likeness (QED) is 0.791. The summed E-state index contributed by atoms with van der Waals surface area (Å²) in [5.74, 6) is 0. The van der Waals surface area contributed by atoms with Crippen LogP contribution in [0.1, 0.15) is 44.5 Å². The van der Waals surface area contributed by atoms with Crippen LogP contribution < -0.4 is 5.73 Å². The number of rotatable bonds is 6. The van der Waals surface area contributed by atoms with E-state index >= 15 is 0 Å². The topological polar surface area (TPSA) is 68.4 Å². The van der Waals surface area contributed by atoms with Gasteiger partial charge >= 0.3 is 0 Å². The molecule has 0 aliphatic heterocycles. The number of benzene rings is 1. The largest absolute Gasteiger partial charge is 0.399 e. The summed E-state index contributed by atoms with van der Waals surface area (Å²) in [4.78, 5) is 4.50. The van der Waals surface area contributed by atoms with Crippen LogP contribution in [0.2, 0.25) is 0 Å². The van der Waals surface area contributed by atoms with Gasteiger partial charge < -0.3 is 15.6 Å². The molecule has 0 amide bonds. The molecule has 0 atom stereocenters. The molecular weight excluding hydrogens is 300 g/mol. The van der Waals surface area contributed by atoms with Crippen molar-refractivity contribution in [3.05, 3.63) is 59.4 Å². The number of aliphatic hydroxyl groups is 1. The van der Waals surface area contributed by atoms with Crippen molar-refractivity contribution < 1.29 is 9.84 Å². The Balaban J connectivity index is 2.05. The van der Waals surface area contributed by atoms with Crippen LogP contribution in [0.25, 0.3) is 12.2 Å². The molecule has 0 radical (unpaired) electrons. The highest BCUT2D eigenvalue weighted by Gasteiger charge is 2.26. The van der Waals surface area contributed by atoms with Crippen molar-refractivity contribution in [1.82, 2.24) is 4.98 Å². The molecule has 0 fully saturated rings. The lowest BCUT2D eigenvalue weighted by atomic mass is 10.0. The molecule has 1 heterocycles. The first-order chi connectivity index (χ1) is 11.2. The van der Waals surface area contributed by atoms with E-state index in [0.717, 1.165) is 22.5 Å². The summed E-state index contributed by atoms with van der Waals surface area (Å²) in [6.07, 6.45) is 5.84. The molecule has 0 bridgehead atoms. The molecule has 0 saturated carbocycles. The Morgan fingerprint density at radius 3 is 2.12 bits per heavy atom. The van der Waals surface area contributed by atoms with Gasteiger partial charge in [0.2, 0.25) is 0 Å². The molecular formula is C20H26N2O2.